The molecule has 0 atom stereocenters. The van der Waals surface area contributed by atoms with Crippen LogP contribution in [0.4, 0.5) is 8.78 Å². The number of amides is 1. The van der Waals surface area contributed by atoms with Gasteiger partial charge in [0.1, 0.15) is 11.6 Å². The number of carbonyl (C=O) groups excluding carboxylic acids is 1. The number of alkyl halides is 1. The summed E-state index contributed by atoms with van der Waals surface area (Å²) in [5.41, 5.74) is 3.01. The standard InChI is InChI=1S/C25H22F2N4O3/c1-30(13-17-14-31(33)22(11-26)21-12-28-29-24(17)21)25(32)16-5-8-20(15-3-2-4-18(27)9-15)23(10-16)34-19-6-7-19/h2-5,8-10,12,14,19,33H,6-7,11,13H2,1H3/p+1. The van der Waals surface area contributed by atoms with Crippen molar-refractivity contribution in [2.24, 2.45) is 0 Å². The van der Waals surface area contributed by atoms with Crippen LogP contribution in [0.15, 0.2) is 54.9 Å². The van der Waals surface area contributed by atoms with Crippen LogP contribution in [0.25, 0.3) is 22.0 Å². The van der Waals surface area contributed by atoms with Crippen molar-refractivity contribution in [2.75, 3.05) is 7.05 Å². The van der Waals surface area contributed by atoms with Gasteiger partial charge in [-0.25, -0.2) is 8.78 Å². The number of nitrogens with zero attached hydrogens (tertiary/aromatic N) is 3. The van der Waals surface area contributed by atoms with E-state index < -0.39 is 6.67 Å². The van der Waals surface area contributed by atoms with E-state index in [1.807, 2.05) is 0 Å². The predicted octanol–water partition coefficient (Wildman–Crippen LogP) is 4.18. The number of H-pyrrole nitrogens is 1. The zero-order valence-electron chi connectivity index (χ0n) is 18.5. The van der Waals surface area contributed by atoms with Gasteiger partial charge in [0, 0.05) is 22.9 Å². The average molecular weight is 465 g/mol. The number of hydrogen-bond acceptors (Lipinski definition) is 4. The van der Waals surface area contributed by atoms with E-state index >= 15 is 0 Å². The van der Waals surface area contributed by atoms with Gasteiger partial charge < -0.3 is 9.64 Å². The number of nitrogens with one attached hydrogen (secondary N) is 1. The molecule has 0 unspecified atom stereocenters. The fourth-order valence-electron chi connectivity index (χ4n) is 3.98. The van der Waals surface area contributed by atoms with Crippen molar-refractivity contribution >= 4 is 16.8 Å². The molecule has 0 bridgehead atoms. The van der Waals surface area contributed by atoms with E-state index in [1.54, 1.807) is 37.4 Å². The lowest BCUT2D eigenvalue weighted by Crippen LogP contribution is -2.36. The molecule has 2 aromatic carbocycles. The molecule has 0 saturated heterocycles. The maximum absolute atomic E-state index is 13.8. The van der Waals surface area contributed by atoms with Crippen LogP contribution in [0.5, 0.6) is 5.75 Å². The van der Waals surface area contributed by atoms with Crippen LogP contribution in [0, 0.1) is 5.82 Å². The molecule has 1 aliphatic carbocycles. The highest BCUT2D eigenvalue weighted by atomic mass is 19.1. The molecular weight excluding hydrogens is 442 g/mol. The first kappa shape index (κ1) is 21.8. The molecule has 1 saturated carbocycles. The smallest absolute Gasteiger partial charge is 0.275 e. The summed E-state index contributed by atoms with van der Waals surface area (Å²) in [5, 5.41) is 17.4. The third kappa shape index (κ3) is 4.16. The van der Waals surface area contributed by atoms with Crippen LogP contribution in [-0.2, 0) is 13.2 Å². The van der Waals surface area contributed by atoms with E-state index in [-0.39, 0.29) is 30.1 Å². The Kier molecular flexibility index (Phi) is 5.61. The first-order valence-corrected chi connectivity index (χ1v) is 10.9. The molecule has 2 heterocycles. The van der Waals surface area contributed by atoms with Gasteiger partial charge in [0.05, 0.1) is 35.3 Å². The van der Waals surface area contributed by atoms with Gasteiger partial charge in [-0.05, 0) is 48.7 Å². The number of ether oxygens (including phenoxy) is 1. The van der Waals surface area contributed by atoms with E-state index in [4.69, 9.17) is 4.74 Å². The molecule has 9 heteroatoms. The van der Waals surface area contributed by atoms with Gasteiger partial charge in [-0.1, -0.05) is 12.1 Å². The summed E-state index contributed by atoms with van der Waals surface area (Å²) >= 11 is 0. The molecule has 5 rings (SSSR count). The van der Waals surface area contributed by atoms with Crippen LogP contribution in [0.1, 0.15) is 34.5 Å². The summed E-state index contributed by atoms with van der Waals surface area (Å²) in [6.07, 6.45) is 4.79. The van der Waals surface area contributed by atoms with E-state index in [0.29, 0.717) is 38.9 Å². The lowest BCUT2D eigenvalue weighted by molar-refractivity contribution is -0.909. The van der Waals surface area contributed by atoms with Crippen LogP contribution in [-0.4, -0.2) is 39.4 Å². The second kappa shape index (κ2) is 8.74. The minimum Gasteiger partial charge on any atom is -0.490 e. The molecule has 0 radical (unpaired) electrons. The van der Waals surface area contributed by atoms with Crippen LogP contribution in [0.3, 0.4) is 0 Å². The maximum Gasteiger partial charge on any atom is 0.275 e. The van der Waals surface area contributed by atoms with Crippen molar-refractivity contribution in [2.45, 2.75) is 32.2 Å². The van der Waals surface area contributed by atoms with E-state index in [2.05, 4.69) is 10.2 Å². The molecule has 0 spiro atoms. The van der Waals surface area contributed by atoms with Crippen LogP contribution >= 0.6 is 0 Å². The number of aromatic nitrogens is 3. The number of benzene rings is 2. The van der Waals surface area contributed by atoms with Gasteiger partial charge in [0.25, 0.3) is 11.6 Å². The second-order valence-electron chi connectivity index (χ2n) is 8.44. The monoisotopic (exact) mass is 465 g/mol. The van der Waals surface area contributed by atoms with Gasteiger partial charge in [-0.2, -0.15) is 5.10 Å². The first-order valence-electron chi connectivity index (χ1n) is 10.9. The minimum atomic E-state index is -0.858. The average Bonchev–Trinajstić information content (AvgIpc) is 3.50. The Labute approximate surface area is 194 Å². The zero-order valence-corrected chi connectivity index (χ0v) is 18.5. The van der Waals surface area contributed by atoms with E-state index in [1.165, 1.54) is 29.4 Å². The van der Waals surface area contributed by atoms with E-state index in [9.17, 15) is 18.8 Å². The van der Waals surface area contributed by atoms with Crippen molar-refractivity contribution < 1.29 is 28.2 Å². The maximum atomic E-state index is 13.8. The Morgan fingerprint density at radius 2 is 2.12 bits per heavy atom. The van der Waals surface area contributed by atoms with Gasteiger partial charge in [0.15, 0.2) is 6.67 Å². The summed E-state index contributed by atoms with van der Waals surface area (Å²) in [6.45, 7) is -0.710. The molecular formula is C25H23F2N4O3+. The Balaban J connectivity index is 1.44. The van der Waals surface area contributed by atoms with E-state index in [0.717, 1.165) is 17.6 Å². The molecule has 174 valence electrons. The Morgan fingerprint density at radius 3 is 2.85 bits per heavy atom. The topological polar surface area (TPSA) is 82.3 Å². The van der Waals surface area contributed by atoms with Crippen molar-refractivity contribution in [3.05, 3.63) is 77.5 Å². The Morgan fingerprint density at radius 1 is 1.29 bits per heavy atom. The van der Waals surface area contributed by atoms with Gasteiger partial charge in [0.2, 0.25) is 6.20 Å². The third-order valence-electron chi connectivity index (χ3n) is 5.89. The summed E-state index contributed by atoms with van der Waals surface area (Å²) in [6, 6.07) is 11.4. The first-order chi connectivity index (χ1) is 16.4. The molecule has 1 aliphatic rings. The van der Waals surface area contributed by atoms with Crippen LogP contribution < -0.4 is 9.47 Å². The number of hydrogen-bond donors (Lipinski definition) is 2. The highest BCUT2D eigenvalue weighted by Crippen LogP contribution is 2.36. The SMILES string of the molecule is CN(Cc1c[n+](O)c(CF)c2cn[nH]c12)C(=O)c1ccc(-c2cccc(F)c2)c(OC2CC2)c1. The molecule has 1 amide bonds. The summed E-state index contributed by atoms with van der Waals surface area (Å²) in [7, 11) is 1.64. The van der Waals surface area contributed by atoms with Crippen molar-refractivity contribution in [1.82, 2.24) is 15.1 Å². The van der Waals surface area contributed by atoms with Gasteiger partial charge in [-0.15, -0.1) is 0 Å². The number of fused-ring (bicyclic) bond motifs is 1. The molecule has 34 heavy (non-hydrogen) atoms. The second-order valence-corrected chi connectivity index (χ2v) is 8.44. The van der Waals surface area contributed by atoms with Gasteiger partial charge >= 0.3 is 0 Å². The predicted molar refractivity (Wildman–Crippen MR) is 120 cm³/mol. The lowest BCUT2D eigenvalue weighted by Gasteiger charge is -2.19. The fraction of sp³-hybridized carbons (Fsp3) is 0.240. The van der Waals surface area contributed by atoms with Crippen molar-refractivity contribution in [1.29, 1.82) is 0 Å². The summed E-state index contributed by atoms with van der Waals surface area (Å²) in [5.74, 6) is -0.0817. The highest BCUT2D eigenvalue weighted by molar-refractivity contribution is 5.95. The molecule has 1 fully saturated rings. The number of carbonyl (C=O) groups is 1. The van der Waals surface area contributed by atoms with Gasteiger partial charge in [-0.3, -0.25) is 15.1 Å². The van der Waals surface area contributed by atoms with Crippen LogP contribution in [0.2, 0.25) is 0 Å². The lowest BCUT2D eigenvalue weighted by atomic mass is 10.0. The largest absolute Gasteiger partial charge is 0.490 e. The molecule has 4 aromatic rings. The van der Waals surface area contributed by atoms with Crippen molar-refractivity contribution in [3.63, 3.8) is 0 Å². The zero-order chi connectivity index (χ0) is 23.8. The number of rotatable bonds is 7. The Bertz CT molecular complexity index is 1380. The fourth-order valence-corrected chi connectivity index (χ4v) is 3.98. The molecule has 7 nitrogen and oxygen atoms in total. The number of pyridine rings is 1. The number of halogens is 2. The quantitative estimate of drug-likeness (QED) is 0.317. The minimum absolute atomic E-state index is 0.0799. The van der Waals surface area contributed by atoms with Crippen molar-refractivity contribution in [3.8, 4) is 16.9 Å². The summed E-state index contributed by atoms with van der Waals surface area (Å²) < 4.78 is 33.9. The molecule has 0 aliphatic heterocycles. The molecule has 2 N–H and O–H groups in total. The normalized spacial score (nSPS) is 13.3. The highest BCUT2D eigenvalue weighted by Gasteiger charge is 2.27. The Hall–Kier alpha value is -4.01. The summed E-state index contributed by atoms with van der Waals surface area (Å²) in [4.78, 5) is 14.7. The third-order valence-corrected chi connectivity index (χ3v) is 5.89. The number of aromatic amines is 1. The molecule has 2 aromatic heterocycles.